The number of fused-ring (bicyclic) bond motifs is 2. The lowest BCUT2D eigenvalue weighted by molar-refractivity contribution is -0.385. The van der Waals surface area contributed by atoms with Gasteiger partial charge in [0.15, 0.2) is 0 Å². The maximum absolute atomic E-state index is 14.5. The maximum atomic E-state index is 14.5. The molecule has 1 fully saturated rings. The molecule has 360 valence electrons. The summed E-state index contributed by atoms with van der Waals surface area (Å²) in [5, 5.41) is 57.3. The zero-order valence-corrected chi connectivity index (χ0v) is 37.5. The summed E-state index contributed by atoms with van der Waals surface area (Å²) in [7, 11) is 0. The van der Waals surface area contributed by atoms with Crippen LogP contribution in [0.15, 0.2) is 109 Å². The third kappa shape index (κ3) is 12.2. The van der Waals surface area contributed by atoms with E-state index in [1.165, 1.54) is 29.2 Å². The standard InChI is InChI=1S/C49H60N4O14/c1-3-5-26-63-48(57)51(21-27-62-28-24-56)45-32-43(50-65-33-34-15-17-36(18-16-34)52(58)59)41-29-35(11-6-8-22-54)40(14-7-9-23-55)46-42-31-39(66-38-13-10-12-37(30-38)53(60)61)19-20-44(42)67-49(45,47(41)46)64-25-4-2/h3-4,10,12-13,15-20,29-31,35,40,45-47,54-56H,1-2,5-9,11,14,21-28,32-33H2/t35-,40+,45-,46+,47+,49+/m0/s1. The normalized spacial score (nSPS) is 22.0. The number of ether oxygens (including phenoxy) is 5. The van der Waals surface area contributed by atoms with Crippen LogP contribution in [0.25, 0.3) is 0 Å². The van der Waals surface area contributed by atoms with E-state index in [1.54, 1.807) is 48.6 Å². The number of non-ortho nitro benzene ring substituents is 2. The molecule has 0 radical (unpaired) electrons. The predicted molar refractivity (Wildman–Crippen MR) is 247 cm³/mol. The summed E-state index contributed by atoms with van der Waals surface area (Å²) in [6, 6.07) is 16.3. The number of allylic oxidation sites excluding steroid dienone is 1. The summed E-state index contributed by atoms with van der Waals surface area (Å²) < 4.78 is 32.1. The second-order valence-corrected chi connectivity index (χ2v) is 16.5. The van der Waals surface area contributed by atoms with Crippen molar-refractivity contribution in [1.82, 2.24) is 4.90 Å². The third-order valence-corrected chi connectivity index (χ3v) is 12.3. The average Bonchev–Trinajstić information content (AvgIpc) is 3.32. The molecule has 2 aliphatic carbocycles. The number of rotatable bonds is 27. The van der Waals surface area contributed by atoms with Crippen LogP contribution in [0, 0.1) is 38.0 Å². The number of oxime groups is 1. The summed E-state index contributed by atoms with van der Waals surface area (Å²) in [6.45, 7) is 7.59. The molecule has 0 saturated heterocycles. The van der Waals surface area contributed by atoms with Crippen molar-refractivity contribution in [3.8, 4) is 17.2 Å². The highest BCUT2D eigenvalue weighted by Gasteiger charge is 2.65. The quantitative estimate of drug-likeness (QED) is 0.0283. The minimum atomic E-state index is -1.63. The molecule has 1 heterocycles. The fourth-order valence-corrected chi connectivity index (χ4v) is 9.42. The van der Waals surface area contributed by atoms with Gasteiger partial charge >= 0.3 is 6.09 Å². The molecule has 0 spiro atoms. The van der Waals surface area contributed by atoms with Crippen LogP contribution in [-0.2, 0) is 25.7 Å². The SMILES string of the molecule is C=CCCOC(=O)N(CCOCCO)[C@H]1CC(=NOCc2ccc([N+](=O)[O-])cc2)C2=C[C@H](CCCCO)[C@@H](CCCCO)[C@@H]3c4cc(Oc5cccc([N+](=O)[O-])c5)ccc4O[C@@]1(OCC=C)[C@H]23. The summed E-state index contributed by atoms with van der Waals surface area (Å²) in [6.07, 6.45) is 9.07. The number of nitrogens with zero attached hydrogens (tertiary/aromatic N) is 4. The average molecular weight is 929 g/mol. The van der Waals surface area contributed by atoms with Crippen LogP contribution in [0.1, 0.15) is 68.4 Å². The van der Waals surface area contributed by atoms with Gasteiger partial charge in [-0.05, 0) is 91.5 Å². The van der Waals surface area contributed by atoms with Crippen molar-refractivity contribution in [1.29, 1.82) is 0 Å². The Morgan fingerprint density at radius 3 is 2.33 bits per heavy atom. The summed E-state index contributed by atoms with van der Waals surface area (Å²) in [5.74, 6) is -1.85. The highest BCUT2D eigenvalue weighted by atomic mass is 16.7. The van der Waals surface area contributed by atoms with E-state index in [1.807, 2.05) is 6.07 Å². The molecule has 0 aromatic heterocycles. The highest BCUT2D eigenvalue weighted by molar-refractivity contribution is 6.03. The number of hydrogen-bond donors (Lipinski definition) is 3. The monoisotopic (exact) mass is 928 g/mol. The van der Waals surface area contributed by atoms with E-state index < -0.39 is 39.6 Å². The fourth-order valence-electron chi connectivity index (χ4n) is 9.42. The molecule has 1 amide bonds. The molecule has 6 rings (SSSR count). The van der Waals surface area contributed by atoms with Crippen molar-refractivity contribution in [2.24, 2.45) is 22.9 Å². The lowest BCUT2D eigenvalue weighted by atomic mass is 9.55. The number of carbonyl (C=O) groups excluding carboxylic acids is 1. The molecular weight excluding hydrogens is 869 g/mol. The number of hydrogen-bond acceptors (Lipinski definition) is 15. The number of benzene rings is 3. The highest BCUT2D eigenvalue weighted by Crippen LogP contribution is 2.62. The Kier molecular flexibility index (Phi) is 18.4. The van der Waals surface area contributed by atoms with Crippen molar-refractivity contribution in [3.05, 3.63) is 135 Å². The molecule has 0 bridgehead atoms. The van der Waals surface area contributed by atoms with Crippen LogP contribution >= 0.6 is 0 Å². The Balaban J connectivity index is 1.57. The first-order valence-corrected chi connectivity index (χ1v) is 22.7. The van der Waals surface area contributed by atoms with Crippen LogP contribution in [0.4, 0.5) is 16.2 Å². The van der Waals surface area contributed by atoms with Gasteiger partial charge < -0.3 is 43.8 Å². The zero-order chi connectivity index (χ0) is 47.8. The predicted octanol–water partition coefficient (Wildman–Crippen LogP) is 8.15. The summed E-state index contributed by atoms with van der Waals surface area (Å²) >= 11 is 0. The topological polar surface area (TPSA) is 235 Å². The third-order valence-electron chi connectivity index (χ3n) is 12.3. The first-order chi connectivity index (χ1) is 32.6. The van der Waals surface area contributed by atoms with E-state index in [0.29, 0.717) is 67.7 Å². The molecule has 67 heavy (non-hydrogen) atoms. The number of aliphatic hydroxyl groups is 3. The second-order valence-electron chi connectivity index (χ2n) is 16.5. The number of unbranched alkanes of at least 4 members (excludes halogenated alkanes) is 2. The zero-order valence-electron chi connectivity index (χ0n) is 37.5. The van der Waals surface area contributed by atoms with E-state index in [4.69, 9.17) is 33.7 Å². The minimum absolute atomic E-state index is 0.0000751. The van der Waals surface area contributed by atoms with Gasteiger partial charge in [0.25, 0.3) is 11.4 Å². The van der Waals surface area contributed by atoms with Gasteiger partial charge in [0.05, 0.1) is 60.6 Å². The van der Waals surface area contributed by atoms with E-state index in [9.17, 15) is 40.3 Å². The van der Waals surface area contributed by atoms with Crippen LogP contribution in [-0.4, -0.2) is 106 Å². The molecule has 3 aliphatic rings. The summed E-state index contributed by atoms with van der Waals surface area (Å²) in [4.78, 5) is 44.2. The Hall–Kier alpha value is -6.18. The van der Waals surface area contributed by atoms with Gasteiger partial charge in [-0.3, -0.25) is 25.1 Å². The maximum Gasteiger partial charge on any atom is 0.410 e. The van der Waals surface area contributed by atoms with Crippen LogP contribution < -0.4 is 9.47 Å². The largest absolute Gasteiger partial charge is 0.459 e. The van der Waals surface area contributed by atoms with E-state index in [-0.39, 0.29) is 94.8 Å². The van der Waals surface area contributed by atoms with Crippen molar-refractivity contribution < 1.29 is 58.5 Å². The number of amides is 1. The number of aliphatic hydroxyl groups excluding tert-OH is 3. The van der Waals surface area contributed by atoms with Crippen LogP contribution in [0.3, 0.4) is 0 Å². The van der Waals surface area contributed by atoms with Gasteiger partial charge in [-0.1, -0.05) is 42.3 Å². The molecule has 1 aliphatic heterocycles. The Morgan fingerprint density at radius 2 is 1.63 bits per heavy atom. The molecule has 3 N–H and O–H groups in total. The van der Waals surface area contributed by atoms with E-state index >= 15 is 0 Å². The molecule has 18 heteroatoms. The molecule has 18 nitrogen and oxygen atoms in total. The van der Waals surface area contributed by atoms with Crippen molar-refractivity contribution >= 4 is 23.2 Å². The van der Waals surface area contributed by atoms with Crippen molar-refractivity contribution in [2.75, 3.05) is 52.8 Å². The Labute approximate surface area is 389 Å². The minimum Gasteiger partial charge on any atom is -0.459 e. The van der Waals surface area contributed by atoms with Crippen molar-refractivity contribution in [2.45, 2.75) is 75.7 Å². The molecule has 1 saturated carbocycles. The Morgan fingerprint density at radius 1 is 0.881 bits per heavy atom. The van der Waals surface area contributed by atoms with Gasteiger partial charge in [-0.2, -0.15) is 0 Å². The number of carbonyl (C=O) groups is 1. The van der Waals surface area contributed by atoms with Crippen molar-refractivity contribution in [3.63, 3.8) is 0 Å². The second kappa shape index (κ2) is 24.5. The lowest BCUT2D eigenvalue weighted by Gasteiger charge is -2.59. The molecule has 3 aromatic rings. The van der Waals surface area contributed by atoms with Gasteiger partial charge in [-0.15, -0.1) is 13.2 Å². The first-order valence-electron chi connectivity index (χ1n) is 22.7. The lowest BCUT2D eigenvalue weighted by Crippen LogP contribution is -2.70. The van der Waals surface area contributed by atoms with Gasteiger partial charge in [0, 0.05) is 55.9 Å². The van der Waals surface area contributed by atoms with Crippen LogP contribution in [0.2, 0.25) is 0 Å². The number of nitro benzene ring substituents is 2. The van der Waals surface area contributed by atoms with Gasteiger partial charge in [0.1, 0.15) is 29.9 Å². The molecule has 3 aromatic carbocycles. The fraction of sp³-hybridized carbons (Fsp3) is 0.469. The van der Waals surface area contributed by atoms with Crippen LogP contribution in [0.5, 0.6) is 17.2 Å². The molecular formula is C49H60N4O14. The molecule has 6 atom stereocenters. The Bertz CT molecular complexity index is 2230. The van der Waals surface area contributed by atoms with Gasteiger partial charge in [-0.25, -0.2) is 4.79 Å². The first kappa shape index (κ1) is 50.2. The van der Waals surface area contributed by atoms with E-state index in [2.05, 4.69) is 19.2 Å². The number of nitro groups is 2. The van der Waals surface area contributed by atoms with Gasteiger partial charge in [0.2, 0.25) is 5.79 Å². The molecule has 0 unspecified atom stereocenters. The smallest absolute Gasteiger partial charge is 0.410 e. The van der Waals surface area contributed by atoms with E-state index in [0.717, 1.165) is 11.1 Å². The summed E-state index contributed by atoms with van der Waals surface area (Å²) in [5.41, 5.74) is 2.44.